The molecule has 0 aromatic heterocycles. The molecule has 0 saturated carbocycles. The molecule has 0 aliphatic carbocycles. The van der Waals surface area contributed by atoms with E-state index in [1.807, 2.05) is 0 Å². The third kappa shape index (κ3) is 5.75. The first-order valence-corrected chi connectivity index (χ1v) is 7.26. The summed E-state index contributed by atoms with van der Waals surface area (Å²) in [7, 11) is 0. The number of rotatable bonds is 6. The standard InChI is InChI=1S/C17H15F4NO3/c18-13-5-7-14(8-6-13)25-10-16(24)22-9-15(23)11-1-3-12(4-2-11)17(19,20)21/h1-8,15,23H,9-10H2,(H,22,24). The van der Waals surface area contributed by atoms with Crippen LogP contribution < -0.4 is 10.1 Å². The number of benzene rings is 2. The molecule has 0 saturated heterocycles. The fourth-order valence-electron chi connectivity index (χ4n) is 1.95. The van der Waals surface area contributed by atoms with Gasteiger partial charge in [0.15, 0.2) is 6.61 Å². The van der Waals surface area contributed by atoms with Crippen LogP contribution in [0.2, 0.25) is 0 Å². The monoisotopic (exact) mass is 357 g/mol. The Hall–Kier alpha value is -2.61. The van der Waals surface area contributed by atoms with Crippen LogP contribution in [-0.2, 0) is 11.0 Å². The Morgan fingerprint density at radius 3 is 2.24 bits per heavy atom. The molecule has 1 unspecified atom stereocenters. The van der Waals surface area contributed by atoms with Gasteiger partial charge in [0.05, 0.1) is 11.7 Å². The lowest BCUT2D eigenvalue weighted by Gasteiger charge is -2.14. The maximum atomic E-state index is 12.7. The molecular formula is C17H15F4NO3. The van der Waals surface area contributed by atoms with Gasteiger partial charge in [0, 0.05) is 6.54 Å². The minimum absolute atomic E-state index is 0.184. The van der Waals surface area contributed by atoms with E-state index in [1.54, 1.807) is 0 Å². The summed E-state index contributed by atoms with van der Waals surface area (Å²) >= 11 is 0. The molecule has 0 spiro atoms. The lowest BCUT2D eigenvalue weighted by Crippen LogP contribution is -2.32. The van der Waals surface area contributed by atoms with Gasteiger partial charge in [-0.25, -0.2) is 4.39 Å². The molecule has 1 atom stereocenters. The number of halogens is 4. The maximum Gasteiger partial charge on any atom is 0.416 e. The molecule has 0 fully saturated rings. The number of ether oxygens (including phenoxy) is 1. The number of aliphatic hydroxyl groups excluding tert-OH is 1. The summed E-state index contributed by atoms with van der Waals surface area (Å²) in [6.45, 7) is -0.525. The van der Waals surface area contributed by atoms with Crippen LogP contribution in [0.15, 0.2) is 48.5 Å². The van der Waals surface area contributed by atoms with E-state index < -0.39 is 29.6 Å². The molecule has 2 rings (SSSR count). The zero-order valence-corrected chi connectivity index (χ0v) is 12.9. The molecule has 0 bridgehead atoms. The van der Waals surface area contributed by atoms with Gasteiger partial charge in [-0.15, -0.1) is 0 Å². The van der Waals surface area contributed by atoms with E-state index in [9.17, 15) is 27.5 Å². The van der Waals surface area contributed by atoms with Gasteiger partial charge in [-0.2, -0.15) is 13.2 Å². The Kier molecular flexibility index (Phi) is 5.97. The van der Waals surface area contributed by atoms with Gasteiger partial charge in [0.25, 0.3) is 5.91 Å². The van der Waals surface area contributed by atoms with Gasteiger partial charge in [-0.3, -0.25) is 4.79 Å². The SMILES string of the molecule is O=C(COc1ccc(F)cc1)NCC(O)c1ccc(C(F)(F)F)cc1. The lowest BCUT2D eigenvalue weighted by atomic mass is 10.1. The van der Waals surface area contributed by atoms with Crippen LogP contribution in [0.4, 0.5) is 17.6 Å². The molecule has 25 heavy (non-hydrogen) atoms. The molecule has 2 N–H and O–H groups in total. The molecule has 8 heteroatoms. The van der Waals surface area contributed by atoms with Crippen molar-refractivity contribution in [3.8, 4) is 5.75 Å². The number of aliphatic hydroxyl groups is 1. The van der Waals surface area contributed by atoms with Gasteiger partial charge in [0.1, 0.15) is 11.6 Å². The summed E-state index contributed by atoms with van der Waals surface area (Å²) in [4.78, 5) is 11.6. The second-order valence-electron chi connectivity index (χ2n) is 5.18. The highest BCUT2D eigenvalue weighted by Gasteiger charge is 2.30. The van der Waals surface area contributed by atoms with Crippen molar-refractivity contribution in [1.82, 2.24) is 5.32 Å². The summed E-state index contributed by atoms with van der Waals surface area (Å²) in [6.07, 6.45) is -5.60. The van der Waals surface area contributed by atoms with Crippen LogP contribution in [0.25, 0.3) is 0 Å². The topological polar surface area (TPSA) is 58.6 Å². The highest BCUT2D eigenvalue weighted by molar-refractivity contribution is 5.77. The van der Waals surface area contributed by atoms with Gasteiger partial charge >= 0.3 is 6.18 Å². The molecule has 0 aliphatic rings. The molecular weight excluding hydrogens is 342 g/mol. The highest BCUT2D eigenvalue weighted by atomic mass is 19.4. The molecule has 2 aromatic carbocycles. The van der Waals surface area contributed by atoms with E-state index in [-0.39, 0.29) is 18.7 Å². The van der Waals surface area contributed by atoms with Gasteiger partial charge in [-0.05, 0) is 42.0 Å². The predicted molar refractivity (Wildman–Crippen MR) is 81.3 cm³/mol. The van der Waals surface area contributed by atoms with Crippen molar-refractivity contribution in [2.75, 3.05) is 13.2 Å². The van der Waals surface area contributed by atoms with Crippen LogP contribution in [-0.4, -0.2) is 24.2 Å². The minimum atomic E-state index is -4.45. The number of hydrogen-bond donors (Lipinski definition) is 2. The summed E-state index contributed by atoms with van der Waals surface area (Å²) in [6, 6.07) is 9.10. The van der Waals surface area contributed by atoms with Crippen LogP contribution >= 0.6 is 0 Å². The van der Waals surface area contributed by atoms with E-state index in [1.165, 1.54) is 24.3 Å². The zero-order chi connectivity index (χ0) is 18.4. The number of carbonyl (C=O) groups excluding carboxylic acids is 1. The quantitative estimate of drug-likeness (QED) is 0.782. The Morgan fingerprint density at radius 1 is 1.08 bits per heavy atom. The first-order valence-electron chi connectivity index (χ1n) is 7.26. The van der Waals surface area contributed by atoms with Crippen molar-refractivity contribution in [1.29, 1.82) is 0 Å². The van der Waals surface area contributed by atoms with Gasteiger partial charge in [-0.1, -0.05) is 12.1 Å². The van der Waals surface area contributed by atoms with Crippen molar-refractivity contribution in [3.63, 3.8) is 0 Å². The number of carbonyl (C=O) groups is 1. The van der Waals surface area contributed by atoms with Crippen LogP contribution in [0, 0.1) is 5.82 Å². The fraction of sp³-hybridized carbons (Fsp3) is 0.235. The van der Waals surface area contributed by atoms with E-state index in [4.69, 9.17) is 4.74 Å². The maximum absolute atomic E-state index is 12.7. The highest BCUT2D eigenvalue weighted by Crippen LogP contribution is 2.29. The van der Waals surface area contributed by atoms with Crippen LogP contribution in [0.5, 0.6) is 5.75 Å². The summed E-state index contributed by atoms with van der Waals surface area (Å²) in [5.41, 5.74) is -0.576. The van der Waals surface area contributed by atoms with E-state index in [2.05, 4.69) is 5.32 Å². The third-order valence-electron chi connectivity index (χ3n) is 3.30. The van der Waals surface area contributed by atoms with Gasteiger partial charge < -0.3 is 15.2 Å². The normalized spacial score (nSPS) is 12.5. The number of alkyl halides is 3. The number of amides is 1. The second-order valence-corrected chi connectivity index (χ2v) is 5.18. The largest absolute Gasteiger partial charge is 0.484 e. The van der Waals surface area contributed by atoms with Crippen molar-refractivity contribution < 1.29 is 32.2 Å². The smallest absolute Gasteiger partial charge is 0.416 e. The molecule has 2 aromatic rings. The molecule has 0 aliphatic heterocycles. The molecule has 1 amide bonds. The fourth-order valence-corrected chi connectivity index (χ4v) is 1.95. The van der Waals surface area contributed by atoms with Crippen molar-refractivity contribution in [2.24, 2.45) is 0 Å². The molecule has 4 nitrogen and oxygen atoms in total. The number of nitrogens with one attached hydrogen (secondary N) is 1. The molecule has 134 valence electrons. The van der Waals surface area contributed by atoms with E-state index in [0.717, 1.165) is 24.3 Å². The summed E-state index contributed by atoms with van der Waals surface area (Å²) in [5.74, 6) is -0.661. The van der Waals surface area contributed by atoms with Gasteiger partial charge in [0.2, 0.25) is 0 Å². The average molecular weight is 357 g/mol. The average Bonchev–Trinajstić information content (AvgIpc) is 2.58. The first kappa shape index (κ1) is 18.7. The Morgan fingerprint density at radius 2 is 1.68 bits per heavy atom. The minimum Gasteiger partial charge on any atom is -0.484 e. The summed E-state index contributed by atoms with van der Waals surface area (Å²) in [5, 5.41) is 12.3. The Bertz CT molecular complexity index is 699. The summed E-state index contributed by atoms with van der Waals surface area (Å²) < 4.78 is 55.3. The van der Waals surface area contributed by atoms with E-state index in [0.29, 0.717) is 5.75 Å². The third-order valence-corrected chi connectivity index (χ3v) is 3.30. The molecule has 0 radical (unpaired) electrons. The Labute approximate surface area is 141 Å². The lowest BCUT2D eigenvalue weighted by molar-refractivity contribution is -0.137. The zero-order valence-electron chi connectivity index (χ0n) is 12.9. The second kappa shape index (κ2) is 7.98. The van der Waals surface area contributed by atoms with E-state index >= 15 is 0 Å². The predicted octanol–water partition coefficient (Wildman–Crippen LogP) is 3.07. The Balaban J connectivity index is 1.79. The molecule has 0 heterocycles. The van der Waals surface area contributed by atoms with Crippen molar-refractivity contribution in [2.45, 2.75) is 12.3 Å². The van der Waals surface area contributed by atoms with Crippen LogP contribution in [0.3, 0.4) is 0 Å². The number of hydrogen-bond acceptors (Lipinski definition) is 3. The van der Waals surface area contributed by atoms with Crippen molar-refractivity contribution in [3.05, 3.63) is 65.5 Å². The first-order chi connectivity index (χ1) is 11.8. The van der Waals surface area contributed by atoms with Crippen LogP contribution in [0.1, 0.15) is 17.2 Å². The van der Waals surface area contributed by atoms with Crippen molar-refractivity contribution >= 4 is 5.91 Å².